The lowest BCUT2D eigenvalue weighted by Gasteiger charge is -2.36. The molecule has 0 aromatic rings. The average Bonchev–Trinajstić information content (AvgIpc) is 3.14. The number of carbonyl (C=O) groups excluding carboxylic acids is 1. The van der Waals surface area contributed by atoms with E-state index in [1.807, 2.05) is 0 Å². The Morgan fingerprint density at radius 3 is 2.65 bits per heavy atom. The van der Waals surface area contributed by atoms with Crippen LogP contribution in [0.15, 0.2) is 0 Å². The lowest BCUT2D eigenvalue weighted by Crippen LogP contribution is -2.54. The maximum Gasteiger partial charge on any atom is 0.221 e. The van der Waals surface area contributed by atoms with E-state index in [1.165, 1.54) is 12.8 Å². The van der Waals surface area contributed by atoms with Crippen LogP contribution < -0.4 is 10.6 Å². The molecular weight excluding hydrogens is 220 g/mol. The second kappa shape index (κ2) is 5.80. The molecule has 17 heavy (non-hydrogen) atoms. The van der Waals surface area contributed by atoms with Gasteiger partial charge in [0.1, 0.15) is 0 Å². The van der Waals surface area contributed by atoms with Gasteiger partial charge >= 0.3 is 0 Å². The smallest absolute Gasteiger partial charge is 0.221 e. The van der Waals surface area contributed by atoms with Crippen LogP contribution in [0.25, 0.3) is 0 Å². The van der Waals surface area contributed by atoms with Gasteiger partial charge in [0.2, 0.25) is 5.91 Å². The Morgan fingerprint density at radius 1 is 1.35 bits per heavy atom. The predicted molar refractivity (Wildman–Crippen MR) is 63.7 cm³/mol. The maximum atomic E-state index is 11.8. The van der Waals surface area contributed by atoms with E-state index >= 15 is 0 Å². The van der Waals surface area contributed by atoms with Gasteiger partial charge in [0.15, 0.2) is 0 Å². The molecule has 98 valence electrons. The van der Waals surface area contributed by atoms with Crippen LogP contribution in [0, 0.1) is 0 Å². The first-order valence-corrected chi connectivity index (χ1v) is 6.47. The summed E-state index contributed by atoms with van der Waals surface area (Å²) in [7, 11) is 0. The van der Waals surface area contributed by atoms with Crippen molar-refractivity contribution in [3.05, 3.63) is 0 Å². The molecule has 0 aromatic heterocycles. The zero-order valence-electron chi connectivity index (χ0n) is 10.2. The highest BCUT2D eigenvalue weighted by atomic mass is 16.5. The standard InChI is InChI=1S/C12H22N2O3/c15-9-12(4-7-17-8-5-12)14-11(16)3-6-13-10-1-2-10/h10,13,15H,1-9H2,(H,14,16). The third kappa shape index (κ3) is 3.94. The third-order valence-corrected chi connectivity index (χ3v) is 3.52. The minimum Gasteiger partial charge on any atom is -0.394 e. The fraction of sp³-hybridized carbons (Fsp3) is 0.917. The van der Waals surface area contributed by atoms with E-state index < -0.39 is 5.54 Å². The van der Waals surface area contributed by atoms with Crippen molar-refractivity contribution < 1.29 is 14.6 Å². The van der Waals surface area contributed by atoms with Gasteiger partial charge in [0.25, 0.3) is 0 Å². The molecule has 0 aromatic carbocycles. The average molecular weight is 242 g/mol. The summed E-state index contributed by atoms with van der Waals surface area (Å²) in [6, 6.07) is 0.637. The number of ether oxygens (including phenoxy) is 1. The Morgan fingerprint density at radius 2 is 2.06 bits per heavy atom. The zero-order chi connectivity index (χ0) is 12.1. The van der Waals surface area contributed by atoms with E-state index in [9.17, 15) is 9.90 Å². The van der Waals surface area contributed by atoms with Crippen LogP contribution in [0.2, 0.25) is 0 Å². The molecule has 2 aliphatic rings. The highest BCUT2D eigenvalue weighted by Crippen LogP contribution is 2.20. The van der Waals surface area contributed by atoms with Crippen LogP contribution in [0.3, 0.4) is 0 Å². The van der Waals surface area contributed by atoms with Crippen molar-refractivity contribution >= 4 is 5.91 Å². The van der Waals surface area contributed by atoms with E-state index in [0.717, 1.165) is 6.54 Å². The lowest BCUT2D eigenvalue weighted by atomic mass is 9.91. The summed E-state index contributed by atoms with van der Waals surface area (Å²) in [5.41, 5.74) is -0.449. The van der Waals surface area contributed by atoms with Crippen LogP contribution in [0.5, 0.6) is 0 Å². The summed E-state index contributed by atoms with van der Waals surface area (Å²) >= 11 is 0. The molecule has 5 heteroatoms. The monoisotopic (exact) mass is 242 g/mol. The topological polar surface area (TPSA) is 70.6 Å². The molecule has 0 bridgehead atoms. The third-order valence-electron chi connectivity index (χ3n) is 3.52. The molecule has 3 N–H and O–H groups in total. The normalized spacial score (nSPS) is 23.4. The maximum absolute atomic E-state index is 11.8. The Hall–Kier alpha value is -0.650. The van der Waals surface area contributed by atoms with Crippen molar-refractivity contribution in [3.8, 4) is 0 Å². The van der Waals surface area contributed by atoms with Crippen molar-refractivity contribution in [3.63, 3.8) is 0 Å². The SMILES string of the molecule is O=C(CCNC1CC1)NC1(CO)CCOCC1. The van der Waals surface area contributed by atoms with E-state index in [0.29, 0.717) is 38.5 Å². The van der Waals surface area contributed by atoms with Gasteiger partial charge in [0.05, 0.1) is 12.1 Å². The van der Waals surface area contributed by atoms with Gasteiger partial charge in [-0.2, -0.15) is 0 Å². The number of aliphatic hydroxyl groups excluding tert-OH is 1. The molecule has 1 saturated heterocycles. The molecule has 1 saturated carbocycles. The first kappa shape index (κ1) is 12.8. The van der Waals surface area contributed by atoms with Gasteiger partial charge in [-0.05, 0) is 25.7 Å². The predicted octanol–water partition coefficient (Wildman–Crippen LogP) is -0.214. The quantitative estimate of drug-likeness (QED) is 0.602. The molecule has 1 heterocycles. The molecule has 1 aliphatic heterocycles. The molecule has 0 atom stereocenters. The van der Waals surface area contributed by atoms with Crippen LogP contribution in [0.1, 0.15) is 32.1 Å². The van der Waals surface area contributed by atoms with E-state index in [-0.39, 0.29) is 12.5 Å². The molecule has 1 aliphatic carbocycles. The van der Waals surface area contributed by atoms with Crippen molar-refractivity contribution in [2.24, 2.45) is 0 Å². The van der Waals surface area contributed by atoms with Crippen molar-refractivity contribution in [2.75, 3.05) is 26.4 Å². The van der Waals surface area contributed by atoms with Crippen LogP contribution in [-0.4, -0.2) is 49.0 Å². The highest BCUT2D eigenvalue weighted by molar-refractivity contribution is 5.77. The molecule has 0 spiro atoms. The lowest BCUT2D eigenvalue weighted by molar-refractivity contribution is -0.125. The minimum atomic E-state index is -0.449. The van der Waals surface area contributed by atoms with E-state index in [2.05, 4.69) is 10.6 Å². The number of hydrogen-bond acceptors (Lipinski definition) is 4. The Bertz CT molecular complexity index is 260. The van der Waals surface area contributed by atoms with Crippen molar-refractivity contribution in [1.82, 2.24) is 10.6 Å². The number of nitrogens with one attached hydrogen (secondary N) is 2. The number of hydrogen-bond donors (Lipinski definition) is 3. The summed E-state index contributed by atoms with van der Waals surface area (Å²) in [6.45, 7) is 1.95. The van der Waals surface area contributed by atoms with Crippen molar-refractivity contribution in [1.29, 1.82) is 0 Å². The fourth-order valence-electron chi connectivity index (χ4n) is 2.12. The second-order valence-electron chi connectivity index (χ2n) is 5.08. The summed E-state index contributed by atoms with van der Waals surface area (Å²) in [4.78, 5) is 11.8. The Balaban J connectivity index is 1.70. The number of amides is 1. The van der Waals surface area contributed by atoms with Crippen LogP contribution in [0.4, 0.5) is 0 Å². The van der Waals surface area contributed by atoms with E-state index in [1.54, 1.807) is 0 Å². The van der Waals surface area contributed by atoms with Crippen LogP contribution in [-0.2, 0) is 9.53 Å². The highest BCUT2D eigenvalue weighted by Gasteiger charge is 2.33. The van der Waals surface area contributed by atoms with Gasteiger partial charge in [-0.1, -0.05) is 0 Å². The summed E-state index contributed by atoms with van der Waals surface area (Å²) < 4.78 is 5.25. The second-order valence-corrected chi connectivity index (χ2v) is 5.08. The van der Waals surface area contributed by atoms with Crippen molar-refractivity contribution in [2.45, 2.75) is 43.7 Å². The van der Waals surface area contributed by atoms with Gasteiger partial charge in [-0.15, -0.1) is 0 Å². The fourth-order valence-corrected chi connectivity index (χ4v) is 2.12. The molecule has 5 nitrogen and oxygen atoms in total. The van der Waals surface area contributed by atoms with Gasteiger partial charge in [0, 0.05) is 32.2 Å². The summed E-state index contributed by atoms with van der Waals surface area (Å²) in [5, 5.41) is 15.7. The van der Waals surface area contributed by atoms with Gasteiger partial charge in [-0.25, -0.2) is 0 Å². The summed E-state index contributed by atoms with van der Waals surface area (Å²) in [6.07, 6.45) is 4.36. The molecule has 2 rings (SSSR count). The molecule has 0 radical (unpaired) electrons. The first-order chi connectivity index (χ1) is 8.24. The zero-order valence-corrected chi connectivity index (χ0v) is 10.2. The molecular formula is C12H22N2O3. The molecule has 1 amide bonds. The molecule has 0 unspecified atom stereocenters. The number of carbonyl (C=O) groups is 1. The first-order valence-electron chi connectivity index (χ1n) is 6.47. The van der Waals surface area contributed by atoms with Gasteiger partial charge in [-0.3, -0.25) is 4.79 Å². The van der Waals surface area contributed by atoms with E-state index in [4.69, 9.17) is 4.74 Å². The number of rotatable bonds is 6. The molecule has 2 fully saturated rings. The largest absolute Gasteiger partial charge is 0.394 e. The van der Waals surface area contributed by atoms with Crippen LogP contribution >= 0.6 is 0 Å². The minimum absolute atomic E-state index is 0.00183. The van der Waals surface area contributed by atoms with Gasteiger partial charge < -0.3 is 20.5 Å². The summed E-state index contributed by atoms with van der Waals surface area (Å²) in [5.74, 6) is 0.0223. The Kier molecular flexibility index (Phi) is 4.36. The number of aliphatic hydroxyl groups is 1. The Labute approximate surface area is 102 Å².